The van der Waals surface area contributed by atoms with Gasteiger partial charge in [-0.15, -0.1) is 0 Å². The monoisotopic (exact) mass is 1390 g/mol. The number of rotatable bonds is 21. The molecule has 5 aliphatic carbocycles. The van der Waals surface area contributed by atoms with Gasteiger partial charge in [-0.2, -0.15) is 0 Å². The Morgan fingerprint density at radius 1 is 0.713 bits per heavy atom. The van der Waals surface area contributed by atoms with Crippen LogP contribution in [0.25, 0.3) is 0 Å². The Labute approximate surface area is 593 Å². The molecule has 1 amide bonds. The van der Waals surface area contributed by atoms with E-state index in [2.05, 4.69) is 17.5 Å². The highest BCUT2D eigenvalue weighted by molar-refractivity contribution is 6.33. The molecule has 101 heavy (non-hydrogen) atoms. The van der Waals surface area contributed by atoms with Gasteiger partial charge in [-0.3, -0.25) is 33.6 Å². The van der Waals surface area contributed by atoms with E-state index < -0.39 is 141 Å². The Kier molecular flexibility index (Phi) is 23.6. The lowest BCUT2D eigenvalue weighted by molar-refractivity contribution is -0.346. The number of esters is 4. The van der Waals surface area contributed by atoms with E-state index in [-0.39, 0.29) is 77.0 Å². The molecule has 0 radical (unpaired) electrons. The Balaban J connectivity index is 0.000000287. The van der Waals surface area contributed by atoms with Crippen LogP contribution in [0.2, 0.25) is 0 Å². The van der Waals surface area contributed by atoms with E-state index in [1.807, 2.05) is 74.5 Å². The van der Waals surface area contributed by atoms with Crippen molar-refractivity contribution in [1.82, 2.24) is 5.32 Å². The minimum Gasteiger partial charge on any atom is -0.511 e. The lowest BCUT2D eigenvalue weighted by Crippen LogP contribution is -2.82. The van der Waals surface area contributed by atoms with Crippen molar-refractivity contribution in [2.75, 3.05) is 6.61 Å². The average molecular weight is 1390 g/mol. The van der Waals surface area contributed by atoms with E-state index in [0.29, 0.717) is 31.2 Å². The Morgan fingerprint density at radius 2 is 1.28 bits per heavy atom. The van der Waals surface area contributed by atoms with E-state index in [0.717, 1.165) is 30.6 Å². The summed E-state index contributed by atoms with van der Waals surface area (Å²) in [4.78, 5) is 128. The van der Waals surface area contributed by atoms with Crippen molar-refractivity contribution in [2.24, 2.45) is 44.8 Å². The minimum absolute atomic E-state index is 0.00289. The van der Waals surface area contributed by atoms with E-state index in [1.54, 1.807) is 107 Å². The molecule has 19 heteroatoms. The van der Waals surface area contributed by atoms with Crippen LogP contribution in [0.3, 0.4) is 0 Å². The van der Waals surface area contributed by atoms with Crippen molar-refractivity contribution in [3.63, 3.8) is 0 Å². The molecule has 1 aliphatic heterocycles. The standard InChI is InChI=1S/C47H51NO14.C35H52O4/c1-25-31(60-43(56)36(52)35(28-16-10-7-11-17-28)48-41(54)29-18-12-8-13-19-29)23-47(57)40(61-42(55)30-20-14-9-15-21-30)38-45(6,32(51)22-33-46(38,24-58-33)62-27(3)50)39(53)37(59-26(2)49)34(25)44(47,4)5;1-22(2)13-12-19-33(11)27(16-14-23(3)4)21-34(20-18-25(7)8)30(37)28(17-15-24(5)6)31(38)35(33,32(34)39)29(36)26(9)10/h7-21,31-33,35-38,40,51-52,57H,22-24H2,1-6H3,(H,48,54);13-15,18,26-27,37H,12,16-17,19-21H2,1-11H3/t31-,32-,33+,35-,36+,37+,38-,40-,45+,46-,47+;27-,33+,34+,35-/m00/s1. The van der Waals surface area contributed by atoms with Gasteiger partial charge in [-0.1, -0.05) is 148 Å². The highest BCUT2D eigenvalue weighted by Crippen LogP contribution is 2.68. The number of aliphatic hydroxyl groups is 4. The number of benzene rings is 3. The second-order valence-corrected chi connectivity index (χ2v) is 30.8. The highest BCUT2D eigenvalue weighted by Gasteiger charge is 2.79. The van der Waals surface area contributed by atoms with Crippen LogP contribution in [-0.2, 0) is 57.2 Å². The average Bonchev–Trinajstić information content (AvgIpc) is 0.675. The number of carbonyl (C=O) groups is 9. The van der Waals surface area contributed by atoms with Crippen LogP contribution in [-0.4, -0.2) is 128 Å². The third-order valence-corrected chi connectivity index (χ3v) is 22.5. The molecule has 4 bridgehead atoms. The number of amides is 1. The van der Waals surface area contributed by atoms with Gasteiger partial charge in [0.05, 0.1) is 41.1 Å². The molecule has 15 atom stereocenters. The molecule has 3 aromatic rings. The summed E-state index contributed by atoms with van der Waals surface area (Å²) in [6, 6.07) is 22.9. The van der Waals surface area contributed by atoms with Gasteiger partial charge in [0.25, 0.3) is 5.91 Å². The van der Waals surface area contributed by atoms with Gasteiger partial charge in [0.15, 0.2) is 46.4 Å². The summed E-state index contributed by atoms with van der Waals surface area (Å²) < 4.78 is 30.3. The number of carbonyl (C=O) groups excluding carboxylic acids is 9. The van der Waals surface area contributed by atoms with Crippen LogP contribution in [0.4, 0.5) is 0 Å². The molecular weight excluding hydrogens is 1290 g/mol. The first-order valence-corrected chi connectivity index (χ1v) is 35.1. The van der Waals surface area contributed by atoms with Gasteiger partial charge in [0.2, 0.25) is 0 Å². The van der Waals surface area contributed by atoms with Crippen molar-refractivity contribution in [3.05, 3.63) is 177 Å². The fourth-order valence-electron chi connectivity index (χ4n) is 16.9. The summed E-state index contributed by atoms with van der Waals surface area (Å²) in [5, 5.41) is 52.1. The summed E-state index contributed by atoms with van der Waals surface area (Å²) in [6.07, 6.45) is 0.467. The van der Waals surface area contributed by atoms with Crippen molar-refractivity contribution >= 4 is 52.9 Å². The lowest BCUT2D eigenvalue weighted by atomic mass is 9.38. The largest absolute Gasteiger partial charge is 0.511 e. The summed E-state index contributed by atoms with van der Waals surface area (Å²) in [5.41, 5.74) is -6.44. The van der Waals surface area contributed by atoms with E-state index in [1.165, 1.54) is 31.6 Å². The molecule has 0 unspecified atom stereocenters. The van der Waals surface area contributed by atoms with E-state index in [4.69, 9.17) is 23.7 Å². The maximum absolute atomic E-state index is 15.5. The molecule has 5 N–H and O–H groups in total. The first-order chi connectivity index (χ1) is 47.3. The first kappa shape index (κ1) is 78.5. The Morgan fingerprint density at radius 3 is 1.80 bits per heavy atom. The zero-order valence-corrected chi connectivity index (χ0v) is 61.6. The number of hydrogen-bond donors (Lipinski definition) is 5. The number of fused-ring (bicyclic) bond motifs is 7. The zero-order valence-electron chi connectivity index (χ0n) is 61.6. The van der Waals surface area contributed by atoms with Gasteiger partial charge in [-0.25, -0.2) is 9.59 Å². The second-order valence-electron chi connectivity index (χ2n) is 30.8. The van der Waals surface area contributed by atoms with Crippen molar-refractivity contribution < 1.29 is 87.3 Å². The van der Waals surface area contributed by atoms with Crippen LogP contribution < -0.4 is 5.32 Å². The number of aliphatic hydroxyl groups excluding tert-OH is 3. The summed E-state index contributed by atoms with van der Waals surface area (Å²) in [5.74, 6) is -8.77. The third kappa shape index (κ3) is 14.3. The molecule has 9 rings (SSSR count). The number of ketones is 4. The number of hydrogen-bond acceptors (Lipinski definition) is 18. The van der Waals surface area contributed by atoms with Gasteiger partial charge in [0, 0.05) is 49.2 Å². The van der Waals surface area contributed by atoms with Crippen LogP contribution in [0.5, 0.6) is 0 Å². The molecule has 19 nitrogen and oxygen atoms in total. The van der Waals surface area contributed by atoms with E-state index in [9.17, 15) is 58.8 Å². The second kappa shape index (κ2) is 30.4. The van der Waals surface area contributed by atoms with Crippen LogP contribution in [0.1, 0.15) is 201 Å². The predicted molar refractivity (Wildman–Crippen MR) is 379 cm³/mol. The fourth-order valence-corrected chi connectivity index (χ4v) is 16.9. The van der Waals surface area contributed by atoms with Crippen molar-refractivity contribution in [3.8, 4) is 0 Å². The topological polar surface area (TPSA) is 293 Å². The number of allylic oxidation sites excluding steroid dienone is 10. The number of ether oxygens (including phenoxy) is 5. The molecule has 6 aliphatic rings. The molecule has 1 saturated heterocycles. The lowest BCUT2D eigenvalue weighted by Gasteiger charge is -2.67. The smallest absolute Gasteiger partial charge is 0.338 e. The third-order valence-electron chi connectivity index (χ3n) is 22.5. The number of nitrogens with one attached hydrogen (secondary N) is 1. The molecule has 4 fully saturated rings. The van der Waals surface area contributed by atoms with Gasteiger partial charge in [0.1, 0.15) is 29.7 Å². The van der Waals surface area contributed by atoms with Crippen LogP contribution >= 0.6 is 0 Å². The molecule has 3 saturated carbocycles. The summed E-state index contributed by atoms with van der Waals surface area (Å²) >= 11 is 0. The van der Waals surface area contributed by atoms with Crippen molar-refractivity contribution in [1.29, 1.82) is 0 Å². The fraction of sp³-hybridized carbons (Fsp3) is 0.524. The zero-order chi connectivity index (χ0) is 74.9. The predicted octanol–water partition coefficient (Wildman–Crippen LogP) is 12.7. The highest BCUT2D eigenvalue weighted by atomic mass is 16.6. The van der Waals surface area contributed by atoms with Crippen molar-refractivity contribution in [2.45, 2.75) is 223 Å². The maximum atomic E-state index is 15.5. The van der Waals surface area contributed by atoms with Gasteiger partial charge in [-0.05, 0) is 160 Å². The molecule has 0 spiro atoms. The molecule has 0 aromatic heterocycles. The maximum Gasteiger partial charge on any atom is 0.338 e. The van der Waals surface area contributed by atoms with Gasteiger partial charge >= 0.3 is 23.9 Å². The van der Waals surface area contributed by atoms with Gasteiger partial charge < -0.3 is 49.4 Å². The Bertz CT molecular complexity index is 3900. The molecule has 544 valence electrons. The molecule has 1 heterocycles. The van der Waals surface area contributed by atoms with E-state index >= 15 is 4.79 Å². The Hall–Kier alpha value is -8.23. The molecular formula is C82H103NO18. The first-order valence-electron chi connectivity index (χ1n) is 35.1. The quantitative estimate of drug-likeness (QED) is 0.0287. The summed E-state index contributed by atoms with van der Waals surface area (Å²) in [6.45, 7) is 29.6. The minimum atomic E-state index is -2.39. The van der Waals surface area contributed by atoms with Crippen LogP contribution in [0, 0.1) is 44.8 Å². The summed E-state index contributed by atoms with van der Waals surface area (Å²) in [7, 11) is 0. The molecule has 3 aromatic carbocycles. The van der Waals surface area contributed by atoms with Crippen LogP contribution in [0.15, 0.2) is 160 Å². The normalized spacial score (nSPS) is 30.5. The number of Topliss-reactive ketones (excluding diaryl/α,β-unsaturated/α-hetero) is 4. The SMILES string of the molecule is CC(=O)O[C@H]1C(=O)[C@@]2(C)[C@H]([C@H](OC(=O)c3ccccc3)[C@]3(O)C[C@H](OC(=O)[C@H](O)[C@@H](NC(=O)c4ccccc4)c4ccccc4)C(C)=C1C3(C)C)[C@]1(OC(C)=O)CO[C@@H]1C[C@@H]2O.CC(C)=CCC[C@]1(C)[C@@H](CC=C(C)C)C[C@@]2(CC=C(C)C)C(=O)[C@]1(C(=O)C(C)C)C(=O)C(CC=C(C)C)=C2O.